The van der Waals surface area contributed by atoms with Gasteiger partial charge in [0, 0.05) is 21.9 Å². The van der Waals surface area contributed by atoms with E-state index in [1.54, 1.807) is 5.57 Å². The fourth-order valence-electron chi connectivity index (χ4n) is 12.4. The van der Waals surface area contributed by atoms with Crippen molar-refractivity contribution >= 4 is 38.5 Å². The third kappa shape index (κ3) is 6.20. The molecular formula is C65H57N. The molecule has 0 bridgehead atoms. The number of benzene rings is 7. The van der Waals surface area contributed by atoms with E-state index in [0.29, 0.717) is 0 Å². The molecule has 0 aliphatic heterocycles. The molecule has 66 heavy (non-hydrogen) atoms. The average molecular weight is 852 g/mol. The number of rotatable bonds is 8. The van der Waals surface area contributed by atoms with Gasteiger partial charge in [0.1, 0.15) is 0 Å². The molecule has 322 valence electrons. The normalized spacial score (nSPS) is 15.9. The summed E-state index contributed by atoms with van der Waals surface area (Å²) in [5.41, 5.74) is 31.2. The Hall–Kier alpha value is -6.96. The minimum absolute atomic E-state index is 0.149. The number of hydrogen-bond donors (Lipinski definition) is 0. The first-order valence-corrected chi connectivity index (χ1v) is 24.3. The predicted molar refractivity (Wildman–Crippen MR) is 282 cm³/mol. The zero-order valence-electron chi connectivity index (χ0n) is 39.1. The molecule has 0 radical (unpaired) electrons. The van der Waals surface area contributed by atoms with Gasteiger partial charge >= 0.3 is 0 Å². The third-order valence-electron chi connectivity index (χ3n) is 15.8. The molecule has 0 fully saturated rings. The van der Waals surface area contributed by atoms with E-state index < -0.39 is 0 Å². The summed E-state index contributed by atoms with van der Waals surface area (Å²) in [6, 6.07) is 51.5. The van der Waals surface area contributed by atoms with Gasteiger partial charge in [0.25, 0.3) is 0 Å². The van der Waals surface area contributed by atoms with Gasteiger partial charge in [-0.25, -0.2) is 0 Å². The minimum atomic E-state index is -0.149. The van der Waals surface area contributed by atoms with Crippen molar-refractivity contribution in [1.82, 2.24) is 4.57 Å². The van der Waals surface area contributed by atoms with Crippen molar-refractivity contribution < 1.29 is 0 Å². The van der Waals surface area contributed by atoms with E-state index in [2.05, 4.69) is 197 Å². The summed E-state index contributed by atoms with van der Waals surface area (Å²) >= 11 is 0. The molecule has 4 aliphatic carbocycles. The summed E-state index contributed by atoms with van der Waals surface area (Å²) in [4.78, 5) is 0. The van der Waals surface area contributed by atoms with Gasteiger partial charge in [-0.05, 0) is 195 Å². The zero-order chi connectivity index (χ0) is 44.8. The number of hydrogen-bond acceptors (Lipinski definition) is 0. The Kier molecular flexibility index (Phi) is 9.58. The smallest absolute Gasteiger partial charge is 0.0541 e. The SMILES string of the molecule is C=CC1=C(c2ccc3c(c2C)-c2ccc(-n4c5ccc(C6=CC7=C(CC6)Cc6ccccc67)cc5c5cc(-c6cccc(-c7ccccc7CCC)c6C)ccc54)cc2C3(C)C)CCC=C1. The Morgan fingerprint density at radius 2 is 1.36 bits per heavy atom. The van der Waals surface area contributed by atoms with Crippen LogP contribution in [0.5, 0.6) is 0 Å². The number of fused-ring (bicyclic) bond motifs is 8. The fourth-order valence-corrected chi connectivity index (χ4v) is 12.4. The molecular weight excluding hydrogens is 795 g/mol. The van der Waals surface area contributed by atoms with Gasteiger partial charge in [-0.15, -0.1) is 0 Å². The van der Waals surface area contributed by atoms with Crippen LogP contribution in [0.2, 0.25) is 0 Å². The van der Waals surface area contributed by atoms with Crippen molar-refractivity contribution in [3.63, 3.8) is 0 Å². The van der Waals surface area contributed by atoms with E-state index in [0.717, 1.165) is 44.9 Å². The second-order valence-electron chi connectivity index (χ2n) is 19.8. The first-order valence-electron chi connectivity index (χ1n) is 24.3. The molecule has 1 heteroatoms. The zero-order valence-corrected chi connectivity index (χ0v) is 39.1. The molecule has 8 aromatic rings. The lowest BCUT2D eigenvalue weighted by Crippen LogP contribution is -2.15. The Morgan fingerprint density at radius 1 is 0.636 bits per heavy atom. The molecule has 4 aliphatic rings. The average Bonchev–Trinajstić information content (AvgIpc) is 3.96. The van der Waals surface area contributed by atoms with Gasteiger partial charge in [0.05, 0.1) is 11.0 Å². The van der Waals surface area contributed by atoms with Crippen molar-refractivity contribution in [1.29, 1.82) is 0 Å². The van der Waals surface area contributed by atoms with E-state index in [4.69, 9.17) is 0 Å². The van der Waals surface area contributed by atoms with Crippen molar-refractivity contribution in [2.75, 3.05) is 0 Å². The summed E-state index contributed by atoms with van der Waals surface area (Å²) in [5.74, 6) is 0. The molecule has 0 unspecified atom stereocenters. The number of nitrogens with zero attached hydrogens (tertiary/aromatic N) is 1. The maximum atomic E-state index is 4.18. The number of allylic oxidation sites excluding steroid dienone is 9. The lowest BCUT2D eigenvalue weighted by Gasteiger charge is -2.24. The van der Waals surface area contributed by atoms with Crippen molar-refractivity contribution in [2.45, 2.75) is 85.0 Å². The third-order valence-corrected chi connectivity index (χ3v) is 15.8. The summed E-state index contributed by atoms with van der Waals surface area (Å²) in [7, 11) is 0. The second kappa shape index (κ2) is 15.6. The van der Waals surface area contributed by atoms with Crippen molar-refractivity contribution in [3.05, 3.63) is 226 Å². The molecule has 0 atom stereocenters. The summed E-state index contributed by atoms with van der Waals surface area (Å²) in [5, 5.41) is 2.59. The van der Waals surface area contributed by atoms with Crippen molar-refractivity contribution in [3.8, 4) is 39.1 Å². The highest BCUT2D eigenvalue weighted by Gasteiger charge is 2.38. The topological polar surface area (TPSA) is 4.93 Å². The van der Waals surface area contributed by atoms with Crippen LogP contribution in [-0.4, -0.2) is 4.57 Å². The molecule has 0 amide bonds. The van der Waals surface area contributed by atoms with Gasteiger partial charge < -0.3 is 4.57 Å². The molecule has 0 N–H and O–H groups in total. The van der Waals surface area contributed by atoms with Crippen molar-refractivity contribution in [2.24, 2.45) is 0 Å². The van der Waals surface area contributed by atoms with Gasteiger partial charge in [0.2, 0.25) is 0 Å². The predicted octanol–water partition coefficient (Wildman–Crippen LogP) is 17.5. The van der Waals surface area contributed by atoms with Crippen LogP contribution in [0.3, 0.4) is 0 Å². The summed E-state index contributed by atoms with van der Waals surface area (Å²) < 4.78 is 2.54. The first kappa shape index (κ1) is 40.5. The lowest BCUT2D eigenvalue weighted by molar-refractivity contribution is 0.659. The van der Waals surface area contributed by atoms with Gasteiger partial charge in [0.15, 0.2) is 0 Å². The monoisotopic (exact) mass is 851 g/mol. The van der Waals surface area contributed by atoms with Crippen LogP contribution in [0.4, 0.5) is 0 Å². The highest BCUT2D eigenvalue weighted by atomic mass is 15.0. The number of aryl methyl sites for hydroxylation is 1. The Bertz CT molecular complexity index is 3510. The van der Waals surface area contributed by atoms with Crippen LogP contribution in [0.15, 0.2) is 175 Å². The standard InChI is InChI=1S/C65H57N/c1-7-16-43-18-10-13-21-54(43)51-24-15-23-50(40(51)3)48-28-34-63-59(38-48)58-37-45(44-25-26-47-35-46-19-11-14-22-55(46)57(47)36-44)27-33-62(58)66(63)49-29-30-56-61(39-49)65(5,6)60-32-31-52(41(4)64(56)60)53-20-12-9-17-42(53)8-2/h8-11,13-15,17-19,21-24,27-34,36-39H,2,7,12,16,20,25-26,35H2,1,3-6H3. The molecule has 1 nitrogen and oxygen atoms in total. The van der Waals surface area contributed by atoms with Gasteiger partial charge in [-0.1, -0.05) is 161 Å². The maximum Gasteiger partial charge on any atom is 0.0541 e. The second-order valence-corrected chi connectivity index (χ2v) is 19.8. The van der Waals surface area contributed by atoms with Crippen LogP contribution >= 0.6 is 0 Å². The number of aromatic nitrogens is 1. The largest absolute Gasteiger partial charge is 0.309 e. The molecule has 12 rings (SSSR count). The van der Waals surface area contributed by atoms with E-state index in [-0.39, 0.29) is 5.41 Å². The summed E-state index contributed by atoms with van der Waals surface area (Å²) in [6.45, 7) is 15.9. The molecule has 1 heterocycles. The van der Waals surface area contributed by atoms with Crippen LogP contribution in [0, 0.1) is 13.8 Å². The molecule has 1 aromatic heterocycles. The highest BCUT2D eigenvalue weighted by Crippen LogP contribution is 2.53. The van der Waals surface area contributed by atoms with Gasteiger partial charge in [-0.3, -0.25) is 0 Å². The van der Waals surface area contributed by atoms with Crippen LogP contribution in [0.1, 0.15) is 103 Å². The van der Waals surface area contributed by atoms with Crippen LogP contribution < -0.4 is 0 Å². The van der Waals surface area contributed by atoms with E-state index in [9.17, 15) is 0 Å². The summed E-state index contributed by atoms with van der Waals surface area (Å²) in [6.07, 6.45) is 16.7. The van der Waals surface area contributed by atoms with Crippen LogP contribution in [0.25, 0.3) is 77.6 Å². The minimum Gasteiger partial charge on any atom is -0.309 e. The quantitative estimate of drug-likeness (QED) is 0.144. The van der Waals surface area contributed by atoms with E-state index in [1.165, 1.54) is 133 Å². The molecule has 0 saturated carbocycles. The first-order chi connectivity index (χ1) is 32.2. The highest BCUT2D eigenvalue weighted by molar-refractivity contribution is 6.12. The van der Waals surface area contributed by atoms with E-state index >= 15 is 0 Å². The Balaban J connectivity index is 1.03. The Labute approximate surface area is 390 Å². The molecule has 0 saturated heterocycles. The fraction of sp³-hybridized carbons (Fsp3) is 0.200. The van der Waals surface area contributed by atoms with Crippen LogP contribution in [-0.2, 0) is 18.3 Å². The molecule has 7 aromatic carbocycles. The van der Waals surface area contributed by atoms with Gasteiger partial charge in [-0.2, -0.15) is 0 Å². The van der Waals surface area contributed by atoms with E-state index in [1.807, 2.05) is 6.08 Å². The Morgan fingerprint density at radius 3 is 2.18 bits per heavy atom. The lowest BCUT2D eigenvalue weighted by atomic mass is 9.80. The molecule has 0 spiro atoms. The maximum absolute atomic E-state index is 4.18.